The van der Waals surface area contributed by atoms with Crippen LogP contribution in [0.4, 0.5) is 0 Å². The summed E-state index contributed by atoms with van der Waals surface area (Å²) in [6.45, 7) is 0. The molecule has 1 rings (SSSR count). The quantitative estimate of drug-likeness (QED) is 0.394. The van der Waals surface area contributed by atoms with Gasteiger partial charge in [0.25, 0.3) is 0 Å². The highest BCUT2D eigenvalue weighted by atomic mass is 33.7. The smallest absolute Gasteiger partial charge is 0.0213 e. The second-order valence-corrected chi connectivity index (χ2v) is 13.7. The Morgan fingerprint density at radius 3 is 2.20 bits per heavy atom. The van der Waals surface area contributed by atoms with Crippen LogP contribution < -0.4 is 0 Å². The van der Waals surface area contributed by atoms with Gasteiger partial charge >= 0.3 is 0 Å². The minimum absolute atomic E-state index is 0.0730. The van der Waals surface area contributed by atoms with Crippen LogP contribution in [0.1, 0.15) is 0 Å². The van der Waals surface area contributed by atoms with E-state index in [1.807, 2.05) is 20.8 Å². The number of hydrogen-bond acceptors (Lipinski definition) is 3. The molecular formula is HP2S3. The summed E-state index contributed by atoms with van der Waals surface area (Å²) in [6, 6.07) is 0. The van der Waals surface area contributed by atoms with E-state index in [1.54, 1.807) is 0 Å². The van der Waals surface area contributed by atoms with Gasteiger partial charge in [-0.1, -0.05) is 0 Å². The molecule has 1 aliphatic heterocycles. The van der Waals surface area contributed by atoms with E-state index in [1.165, 1.54) is 0 Å². The van der Waals surface area contributed by atoms with E-state index in [4.69, 9.17) is 11.8 Å². The molecule has 5 heteroatoms. The molecular weight excluding hydrogens is 158 g/mol. The predicted molar refractivity (Wildman–Crippen MR) is 37.8 cm³/mol. The summed E-state index contributed by atoms with van der Waals surface area (Å²) < 4.78 is 0. The SMILES string of the molecule is S=[P]1PSS1. The van der Waals surface area contributed by atoms with Crippen LogP contribution in [0.15, 0.2) is 0 Å². The summed E-state index contributed by atoms with van der Waals surface area (Å²) >= 11 is 4.89. The van der Waals surface area contributed by atoms with Crippen LogP contribution in [0.2, 0.25) is 0 Å². The van der Waals surface area contributed by atoms with Crippen molar-refractivity contribution >= 4 is 45.7 Å². The maximum Gasteiger partial charge on any atom is 0.0213 e. The molecule has 2 unspecified atom stereocenters. The minimum Gasteiger partial charge on any atom is -0.0498 e. The molecule has 2 atom stereocenters. The monoisotopic (exact) mass is 159 g/mol. The molecule has 0 N–H and O–H groups in total. The van der Waals surface area contributed by atoms with Crippen LogP contribution in [0.5, 0.6) is 0 Å². The van der Waals surface area contributed by atoms with Gasteiger partial charge in [-0.25, -0.2) is 0 Å². The topological polar surface area (TPSA) is 0 Å². The predicted octanol–water partition coefficient (Wildman–Crippen LogP) is 2.75. The molecule has 0 amide bonds. The van der Waals surface area contributed by atoms with E-state index in [0.29, 0.717) is 0 Å². The zero-order chi connectivity index (χ0) is 3.70. The highest BCUT2D eigenvalue weighted by Gasteiger charge is 2.06. The first-order chi connectivity index (χ1) is 2.39. The molecule has 1 fully saturated rings. The van der Waals surface area contributed by atoms with Gasteiger partial charge in [-0.2, -0.15) is 0 Å². The van der Waals surface area contributed by atoms with E-state index in [-0.39, 0.29) is 5.59 Å². The molecule has 0 nitrogen and oxygen atoms in total. The Hall–Kier alpha value is 1.65. The van der Waals surface area contributed by atoms with Crippen molar-refractivity contribution in [3.63, 3.8) is 0 Å². The number of rotatable bonds is 0. The third-order valence-electron chi connectivity index (χ3n) is 0.217. The lowest BCUT2D eigenvalue weighted by Gasteiger charge is -2.07. The molecule has 1 aliphatic rings. The average molecular weight is 159 g/mol. The van der Waals surface area contributed by atoms with Crippen LogP contribution in [0, 0.1) is 0 Å². The van der Waals surface area contributed by atoms with Crippen molar-refractivity contribution in [3.05, 3.63) is 0 Å². The Bertz CT molecular complexity index is 51.9. The van der Waals surface area contributed by atoms with Crippen molar-refractivity contribution in [2.45, 2.75) is 0 Å². The molecule has 29 valence electrons. The van der Waals surface area contributed by atoms with Crippen LogP contribution in [0.25, 0.3) is 0 Å². The summed E-state index contributed by atoms with van der Waals surface area (Å²) in [5.74, 6) is 0. The summed E-state index contributed by atoms with van der Waals surface area (Å²) in [4.78, 5) is 0. The third-order valence-corrected chi connectivity index (χ3v) is 17.6. The summed E-state index contributed by atoms with van der Waals surface area (Å²) in [5, 5.41) is 0. The Labute approximate surface area is 45.9 Å². The first-order valence-electron chi connectivity index (χ1n) is 0.960. The van der Waals surface area contributed by atoms with Gasteiger partial charge in [0, 0.05) is 13.1 Å². The second kappa shape index (κ2) is 2.09. The average Bonchev–Trinajstić information content (AvgIpc) is 1.30. The molecule has 0 aromatic carbocycles. The van der Waals surface area contributed by atoms with E-state index >= 15 is 0 Å². The van der Waals surface area contributed by atoms with Crippen molar-refractivity contribution in [2.75, 3.05) is 0 Å². The lowest BCUT2D eigenvalue weighted by Crippen LogP contribution is -1.34. The molecule has 0 spiro atoms. The fourth-order valence-electron chi connectivity index (χ4n) is 0.0677. The van der Waals surface area contributed by atoms with Crippen molar-refractivity contribution in [1.82, 2.24) is 0 Å². The van der Waals surface area contributed by atoms with E-state index in [9.17, 15) is 0 Å². The third kappa shape index (κ3) is 1.29. The van der Waals surface area contributed by atoms with E-state index in [0.717, 1.165) is 7.47 Å². The molecule has 1 radical (unpaired) electrons. The standard InChI is InChI=1S/HP2S3/c3-2-1-4-5-2/h1H. The van der Waals surface area contributed by atoms with Gasteiger partial charge in [0.05, 0.1) is 0 Å². The van der Waals surface area contributed by atoms with Gasteiger partial charge in [-0.3, -0.25) is 0 Å². The highest BCUT2D eigenvalue weighted by molar-refractivity contribution is 9.36. The minimum atomic E-state index is 0.0730. The van der Waals surface area contributed by atoms with Crippen LogP contribution in [-0.4, -0.2) is 0 Å². The lowest BCUT2D eigenvalue weighted by atomic mass is 29.3. The Balaban J connectivity index is 2.32. The van der Waals surface area contributed by atoms with Gasteiger partial charge in [-0.05, 0) is 32.6 Å². The Morgan fingerprint density at radius 1 is 1.80 bits per heavy atom. The first kappa shape index (κ1) is 4.80. The lowest BCUT2D eigenvalue weighted by molar-refractivity contribution is 5.12. The summed E-state index contributed by atoms with van der Waals surface area (Å²) in [5.41, 5.74) is 0.0730. The summed E-state index contributed by atoms with van der Waals surface area (Å²) in [6.07, 6.45) is 0. The molecule has 0 aliphatic carbocycles. The summed E-state index contributed by atoms with van der Waals surface area (Å²) in [7, 11) is 4.84. The van der Waals surface area contributed by atoms with Gasteiger partial charge in [0.15, 0.2) is 0 Å². The Kier molecular flexibility index (Phi) is 2.00. The first-order valence-corrected chi connectivity index (χ1v) is 8.64. The number of hydrogen-bond donors (Lipinski definition) is 0. The van der Waals surface area contributed by atoms with E-state index < -0.39 is 0 Å². The van der Waals surface area contributed by atoms with Crippen LogP contribution in [-0.2, 0) is 11.8 Å². The van der Waals surface area contributed by atoms with Gasteiger partial charge in [0.1, 0.15) is 0 Å². The molecule has 0 aromatic rings. The Morgan fingerprint density at radius 2 is 2.20 bits per heavy atom. The van der Waals surface area contributed by atoms with E-state index in [2.05, 4.69) is 0 Å². The largest absolute Gasteiger partial charge is 0.0498 e. The van der Waals surface area contributed by atoms with Gasteiger partial charge in [-0.15, -0.1) is 0 Å². The van der Waals surface area contributed by atoms with Crippen molar-refractivity contribution in [1.29, 1.82) is 0 Å². The molecule has 1 heterocycles. The molecule has 1 saturated heterocycles. The second-order valence-electron chi connectivity index (χ2n) is 0.506. The normalized spacial score (nSPS) is 34.0. The van der Waals surface area contributed by atoms with Crippen LogP contribution in [0.3, 0.4) is 0 Å². The zero-order valence-corrected chi connectivity index (χ0v) is 6.52. The van der Waals surface area contributed by atoms with Crippen molar-refractivity contribution in [2.24, 2.45) is 0 Å². The van der Waals surface area contributed by atoms with Gasteiger partial charge in [0.2, 0.25) is 0 Å². The molecule has 0 aromatic heterocycles. The molecule has 5 heavy (non-hydrogen) atoms. The highest BCUT2D eigenvalue weighted by Crippen LogP contribution is 2.81. The molecule has 0 bridgehead atoms. The fraction of sp³-hybridized carbons (Fsp3) is 0. The molecule has 0 saturated carbocycles. The van der Waals surface area contributed by atoms with Gasteiger partial charge < -0.3 is 0 Å². The maximum absolute atomic E-state index is 4.89. The van der Waals surface area contributed by atoms with Crippen LogP contribution >= 0.6 is 33.9 Å². The zero-order valence-electron chi connectivity index (χ0n) is 2.17. The van der Waals surface area contributed by atoms with Crippen molar-refractivity contribution in [3.8, 4) is 0 Å². The maximum atomic E-state index is 4.89. The fourth-order valence-corrected chi connectivity index (χ4v) is 10.4. The van der Waals surface area contributed by atoms with Crippen molar-refractivity contribution < 1.29 is 0 Å².